The molecule has 1 atom stereocenters. The average Bonchev–Trinajstić information content (AvgIpc) is 2.16. The van der Waals surface area contributed by atoms with Gasteiger partial charge in [0, 0.05) is 13.7 Å². The molecule has 0 amide bonds. The second-order valence-electron chi connectivity index (χ2n) is 4.42. The van der Waals surface area contributed by atoms with Crippen LogP contribution in [0, 0.1) is 5.92 Å². The number of methoxy groups -OCH3 is 1. The van der Waals surface area contributed by atoms with Crippen molar-refractivity contribution < 1.29 is 9.47 Å². The Morgan fingerprint density at radius 2 is 1.87 bits per heavy atom. The van der Waals surface area contributed by atoms with Crippen molar-refractivity contribution in [1.29, 1.82) is 0 Å². The fraction of sp³-hybridized carbons (Fsp3) is 1.00. The molecular weight excluding hydrogens is 190 g/mol. The van der Waals surface area contributed by atoms with E-state index in [4.69, 9.17) is 9.47 Å². The highest BCUT2D eigenvalue weighted by molar-refractivity contribution is 4.52. The van der Waals surface area contributed by atoms with Crippen molar-refractivity contribution in [2.75, 3.05) is 33.4 Å². The summed E-state index contributed by atoms with van der Waals surface area (Å²) in [5, 5.41) is 3.37. The van der Waals surface area contributed by atoms with Gasteiger partial charge in [-0.3, -0.25) is 0 Å². The Hall–Kier alpha value is -0.120. The monoisotopic (exact) mass is 217 g/mol. The van der Waals surface area contributed by atoms with Crippen LogP contribution in [0.25, 0.3) is 0 Å². The summed E-state index contributed by atoms with van der Waals surface area (Å²) in [6.07, 6.45) is 2.76. The second-order valence-corrected chi connectivity index (χ2v) is 4.42. The number of ether oxygens (including phenoxy) is 2. The van der Waals surface area contributed by atoms with Crippen molar-refractivity contribution >= 4 is 0 Å². The van der Waals surface area contributed by atoms with Gasteiger partial charge in [0.25, 0.3) is 0 Å². The molecule has 0 bridgehead atoms. The van der Waals surface area contributed by atoms with E-state index in [1.54, 1.807) is 7.11 Å². The first kappa shape index (κ1) is 14.9. The SMILES string of the molecule is COCC(C)OCCNCCCC(C)C. The van der Waals surface area contributed by atoms with Crippen LogP contribution in [0.15, 0.2) is 0 Å². The number of hydrogen-bond donors (Lipinski definition) is 1. The van der Waals surface area contributed by atoms with Crippen LogP contribution in [0.3, 0.4) is 0 Å². The maximum atomic E-state index is 5.52. The highest BCUT2D eigenvalue weighted by atomic mass is 16.5. The van der Waals surface area contributed by atoms with Gasteiger partial charge in [-0.1, -0.05) is 13.8 Å². The highest BCUT2D eigenvalue weighted by Gasteiger charge is 1.99. The van der Waals surface area contributed by atoms with Crippen LogP contribution >= 0.6 is 0 Å². The molecule has 92 valence electrons. The Labute approximate surface area is 94.5 Å². The first-order valence-corrected chi connectivity index (χ1v) is 5.98. The Balaban J connectivity index is 3.04. The van der Waals surface area contributed by atoms with Crippen molar-refractivity contribution in [2.45, 2.75) is 39.7 Å². The molecule has 0 aliphatic carbocycles. The average molecular weight is 217 g/mol. The van der Waals surface area contributed by atoms with E-state index in [-0.39, 0.29) is 6.10 Å². The summed E-state index contributed by atoms with van der Waals surface area (Å²) in [6, 6.07) is 0. The van der Waals surface area contributed by atoms with E-state index < -0.39 is 0 Å². The first-order valence-electron chi connectivity index (χ1n) is 5.98. The molecule has 0 saturated heterocycles. The van der Waals surface area contributed by atoms with E-state index in [1.807, 2.05) is 6.92 Å². The molecule has 0 aliphatic rings. The van der Waals surface area contributed by atoms with E-state index in [9.17, 15) is 0 Å². The van der Waals surface area contributed by atoms with Gasteiger partial charge in [0.2, 0.25) is 0 Å². The molecule has 0 spiro atoms. The Morgan fingerprint density at radius 1 is 1.13 bits per heavy atom. The molecule has 0 saturated carbocycles. The molecular formula is C12H27NO2. The van der Waals surface area contributed by atoms with Crippen molar-refractivity contribution in [2.24, 2.45) is 5.92 Å². The van der Waals surface area contributed by atoms with E-state index in [0.717, 1.165) is 25.6 Å². The number of rotatable bonds is 10. The van der Waals surface area contributed by atoms with E-state index >= 15 is 0 Å². The molecule has 1 unspecified atom stereocenters. The summed E-state index contributed by atoms with van der Waals surface area (Å²) in [5.74, 6) is 0.810. The number of hydrogen-bond acceptors (Lipinski definition) is 3. The summed E-state index contributed by atoms with van der Waals surface area (Å²) in [6.45, 7) is 10.0. The minimum Gasteiger partial charge on any atom is -0.382 e. The van der Waals surface area contributed by atoms with Gasteiger partial charge < -0.3 is 14.8 Å². The zero-order chi connectivity index (χ0) is 11.5. The van der Waals surface area contributed by atoms with Crippen LogP contribution in [-0.2, 0) is 9.47 Å². The van der Waals surface area contributed by atoms with Crippen LogP contribution in [0.1, 0.15) is 33.6 Å². The van der Waals surface area contributed by atoms with Crippen LogP contribution in [0.2, 0.25) is 0 Å². The molecule has 3 nitrogen and oxygen atoms in total. The molecule has 1 N–H and O–H groups in total. The van der Waals surface area contributed by atoms with Crippen molar-refractivity contribution in [3.05, 3.63) is 0 Å². The first-order chi connectivity index (χ1) is 7.16. The van der Waals surface area contributed by atoms with E-state index in [1.165, 1.54) is 12.8 Å². The summed E-state index contributed by atoms with van der Waals surface area (Å²) in [7, 11) is 1.70. The quantitative estimate of drug-likeness (QED) is 0.568. The van der Waals surface area contributed by atoms with Crippen molar-refractivity contribution in [1.82, 2.24) is 5.32 Å². The predicted octanol–water partition coefficient (Wildman–Crippen LogP) is 2.06. The zero-order valence-electron chi connectivity index (χ0n) is 10.7. The molecule has 0 rings (SSSR count). The van der Waals surface area contributed by atoms with Gasteiger partial charge in [-0.15, -0.1) is 0 Å². The smallest absolute Gasteiger partial charge is 0.0780 e. The Morgan fingerprint density at radius 3 is 2.47 bits per heavy atom. The Kier molecular flexibility index (Phi) is 10.3. The van der Waals surface area contributed by atoms with Crippen LogP contribution in [-0.4, -0.2) is 39.5 Å². The maximum Gasteiger partial charge on any atom is 0.0780 e. The lowest BCUT2D eigenvalue weighted by Gasteiger charge is -2.12. The van der Waals surface area contributed by atoms with Gasteiger partial charge in [0.15, 0.2) is 0 Å². The van der Waals surface area contributed by atoms with Crippen LogP contribution in [0.5, 0.6) is 0 Å². The molecule has 15 heavy (non-hydrogen) atoms. The van der Waals surface area contributed by atoms with Gasteiger partial charge in [-0.2, -0.15) is 0 Å². The van der Waals surface area contributed by atoms with Gasteiger partial charge in [0.05, 0.1) is 19.3 Å². The van der Waals surface area contributed by atoms with E-state index in [2.05, 4.69) is 19.2 Å². The van der Waals surface area contributed by atoms with Crippen LogP contribution < -0.4 is 5.32 Å². The fourth-order valence-electron chi connectivity index (χ4n) is 1.38. The van der Waals surface area contributed by atoms with Crippen molar-refractivity contribution in [3.63, 3.8) is 0 Å². The fourth-order valence-corrected chi connectivity index (χ4v) is 1.38. The van der Waals surface area contributed by atoms with Crippen LogP contribution in [0.4, 0.5) is 0 Å². The molecule has 0 heterocycles. The molecule has 0 aromatic rings. The lowest BCUT2D eigenvalue weighted by molar-refractivity contribution is 0.0108. The summed E-state index contributed by atoms with van der Waals surface area (Å²) < 4.78 is 10.5. The third-order valence-corrected chi connectivity index (χ3v) is 2.22. The standard InChI is InChI=1S/C12H27NO2/c1-11(2)6-5-7-13-8-9-15-12(3)10-14-4/h11-13H,5-10H2,1-4H3. The molecule has 0 aliphatic heterocycles. The van der Waals surface area contributed by atoms with Gasteiger partial charge in [-0.05, 0) is 32.2 Å². The third-order valence-electron chi connectivity index (χ3n) is 2.22. The molecule has 0 radical (unpaired) electrons. The predicted molar refractivity (Wildman–Crippen MR) is 64.2 cm³/mol. The third kappa shape index (κ3) is 11.8. The highest BCUT2D eigenvalue weighted by Crippen LogP contribution is 2.01. The largest absolute Gasteiger partial charge is 0.382 e. The number of nitrogens with one attached hydrogen (secondary N) is 1. The topological polar surface area (TPSA) is 30.5 Å². The van der Waals surface area contributed by atoms with Gasteiger partial charge in [-0.25, -0.2) is 0 Å². The van der Waals surface area contributed by atoms with Gasteiger partial charge >= 0.3 is 0 Å². The van der Waals surface area contributed by atoms with Gasteiger partial charge in [0.1, 0.15) is 0 Å². The second kappa shape index (κ2) is 10.4. The maximum absolute atomic E-state index is 5.52. The minimum atomic E-state index is 0.201. The summed E-state index contributed by atoms with van der Waals surface area (Å²) >= 11 is 0. The molecule has 3 heteroatoms. The lowest BCUT2D eigenvalue weighted by Crippen LogP contribution is -2.24. The summed E-state index contributed by atoms with van der Waals surface area (Å²) in [4.78, 5) is 0. The lowest BCUT2D eigenvalue weighted by atomic mass is 10.1. The molecule has 0 fully saturated rings. The zero-order valence-corrected chi connectivity index (χ0v) is 10.7. The molecule has 0 aromatic heterocycles. The molecule has 0 aromatic carbocycles. The van der Waals surface area contributed by atoms with E-state index in [0.29, 0.717) is 6.61 Å². The summed E-state index contributed by atoms with van der Waals surface area (Å²) in [5.41, 5.74) is 0. The normalized spacial score (nSPS) is 13.4. The van der Waals surface area contributed by atoms with Crippen molar-refractivity contribution in [3.8, 4) is 0 Å². The Bertz CT molecular complexity index is 129. The minimum absolute atomic E-state index is 0.201.